The summed E-state index contributed by atoms with van der Waals surface area (Å²) in [5.41, 5.74) is -0.0250. The van der Waals surface area contributed by atoms with Crippen molar-refractivity contribution in [1.29, 1.82) is 5.26 Å². The predicted molar refractivity (Wildman–Crippen MR) is 98.1 cm³/mol. The molecule has 0 fully saturated rings. The summed E-state index contributed by atoms with van der Waals surface area (Å²) in [6.45, 7) is 0. The number of hydrogen-bond acceptors (Lipinski definition) is 4. The van der Waals surface area contributed by atoms with Gasteiger partial charge in [-0.1, -0.05) is 18.2 Å². The van der Waals surface area contributed by atoms with Gasteiger partial charge in [0.15, 0.2) is 0 Å². The zero-order chi connectivity index (χ0) is 20.1. The Morgan fingerprint density at radius 1 is 1.04 bits per heavy atom. The second-order valence-electron chi connectivity index (χ2n) is 5.75. The van der Waals surface area contributed by atoms with Crippen LogP contribution in [-0.4, -0.2) is 10.9 Å². The fourth-order valence-electron chi connectivity index (χ4n) is 2.45. The smallest absolute Gasteiger partial charge is 0.340 e. The minimum Gasteiger partial charge on any atom is -0.340 e. The number of nitrogens with zero attached hydrogens (tertiary/aromatic N) is 2. The molecule has 3 rings (SSSR count). The minimum atomic E-state index is -4.58. The number of para-hydroxylation sites is 1. The van der Waals surface area contributed by atoms with E-state index in [2.05, 4.69) is 15.6 Å². The maximum atomic E-state index is 13.0. The molecular formula is C20H13F3N4O. The number of anilines is 3. The SMILES string of the molecule is N#Cc1cccc(Nc2ccc(C(=O)Nc3ccccc3C(F)(F)F)cn2)c1. The maximum absolute atomic E-state index is 13.0. The number of nitrogens with one attached hydrogen (secondary N) is 2. The zero-order valence-electron chi connectivity index (χ0n) is 14.3. The van der Waals surface area contributed by atoms with Gasteiger partial charge in [0.25, 0.3) is 5.91 Å². The summed E-state index contributed by atoms with van der Waals surface area (Å²) in [5, 5.41) is 14.2. The minimum absolute atomic E-state index is 0.105. The summed E-state index contributed by atoms with van der Waals surface area (Å²) in [6, 6.07) is 16.5. The number of aromatic nitrogens is 1. The Kier molecular flexibility index (Phi) is 5.27. The molecule has 1 heterocycles. The van der Waals surface area contributed by atoms with Crippen LogP contribution in [0.25, 0.3) is 0 Å². The van der Waals surface area contributed by atoms with Crippen LogP contribution in [0.3, 0.4) is 0 Å². The van der Waals surface area contributed by atoms with E-state index in [9.17, 15) is 18.0 Å². The first kappa shape index (κ1) is 18.9. The van der Waals surface area contributed by atoms with Crippen LogP contribution in [0.4, 0.5) is 30.4 Å². The number of amides is 1. The lowest BCUT2D eigenvalue weighted by atomic mass is 10.1. The Balaban J connectivity index is 1.73. The van der Waals surface area contributed by atoms with Crippen molar-refractivity contribution in [1.82, 2.24) is 4.98 Å². The first-order valence-electron chi connectivity index (χ1n) is 8.07. The summed E-state index contributed by atoms with van der Waals surface area (Å²) in [6.07, 6.45) is -3.32. The van der Waals surface area contributed by atoms with E-state index in [1.807, 2.05) is 6.07 Å². The van der Waals surface area contributed by atoms with Crippen LogP contribution in [0, 0.1) is 11.3 Å². The highest BCUT2D eigenvalue weighted by Gasteiger charge is 2.33. The highest BCUT2D eigenvalue weighted by atomic mass is 19.4. The van der Waals surface area contributed by atoms with Crippen molar-refractivity contribution in [2.24, 2.45) is 0 Å². The highest BCUT2D eigenvalue weighted by Crippen LogP contribution is 2.34. The molecule has 0 atom stereocenters. The molecular weight excluding hydrogens is 369 g/mol. The molecule has 0 radical (unpaired) electrons. The molecule has 1 amide bonds. The average molecular weight is 382 g/mol. The monoisotopic (exact) mass is 382 g/mol. The fourth-order valence-corrected chi connectivity index (χ4v) is 2.45. The van der Waals surface area contributed by atoms with Crippen molar-refractivity contribution in [3.63, 3.8) is 0 Å². The number of rotatable bonds is 4. The average Bonchev–Trinajstić information content (AvgIpc) is 2.68. The van der Waals surface area contributed by atoms with Gasteiger partial charge in [0.2, 0.25) is 0 Å². The van der Waals surface area contributed by atoms with E-state index >= 15 is 0 Å². The van der Waals surface area contributed by atoms with E-state index in [-0.39, 0.29) is 11.3 Å². The summed E-state index contributed by atoms with van der Waals surface area (Å²) < 4.78 is 39.1. The van der Waals surface area contributed by atoms with Gasteiger partial charge in [0, 0.05) is 11.9 Å². The maximum Gasteiger partial charge on any atom is 0.418 e. The first-order valence-corrected chi connectivity index (χ1v) is 8.07. The Hall–Kier alpha value is -3.86. The van der Waals surface area contributed by atoms with E-state index in [1.165, 1.54) is 36.5 Å². The van der Waals surface area contributed by atoms with Crippen LogP contribution in [0.1, 0.15) is 21.5 Å². The lowest BCUT2D eigenvalue weighted by Crippen LogP contribution is -2.16. The van der Waals surface area contributed by atoms with Gasteiger partial charge in [-0.15, -0.1) is 0 Å². The zero-order valence-corrected chi connectivity index (χ0v) is 14.3. The number of benzene rings is 2. The Morgan fingerprint density at radius 2 is 1.82 bits per heavy atom. The Morgan fingerprint density at radius 3 is 2.50 bits per heavy atom. The van der Waals surface area contributed by atoms with Crippen LogP contribution in [-0.2, 0) is 6.18 Å². The quantitative estimate of drug-likeness (QED) is 0.668. The van der Waals surface area contributed by atoms with E-state index in [0.717, 1.165) is 6.07 Å². The number of alkyl halides is 3. The van der Waals surface area contributed by atoms with Crippen LogP contribution >= 0.6 is 0 Å². The Bertz CT molecular complexity index is 1040. The van der Waals surface area contributed by atoms with Gasteiger partial charge in [-0.2, -0.15) is 18.4 Å². The molecule has 0 saturated heterocycles. The Labute approximate surface area is 158 Å². The van der Waals surface area contributed by atoms with E-state index in [1.54, 1.807) is 24.3 Å². The van der Waals surface area contributed by atoms with Crippen molar-refractivity contribution in [3.05, 3.63) is 83.6 Å². The van der Waals surface area contributed by atoms with Crippen molar-refractivity contribution in [3.8, 4) is 6.07 Å². The molecule has 8 heteroatoms. The number of pyridine rings is 1. The molecule has 0 bridgehead atoms. The van der Waals surface area contributed by atoms with Gasteiger partial charge in [0.05, 0.1) is 28.4 Å². The van der Waals surface area contributed by atoms with Gasteiger partial charge in [-0.25, -0.2) is 4.98 Å². The molecule has 3 aromatic rings. The van der Waals surface area contributed by atoms with Crippen LogP contribution in [0.5, 0.6) is 0 Å². The molecule has 2 aromatic carbocycles. The van der Waals surface area contributed by atoms with Gasteiger partial charge in [-0.05, 0) is 42.5 Å². The normalized spacial score (nSPS) is 10.8. The van der Waals surface area contributed by atoms with E-state index in [0.29, 0.717) is 17.1 Å². The van der Waals surface area contributed by atoms with Crippen molar-refractivity contribution in [2.75, 3.05) is 10.6 Å². The third kappa shape index (κ3) is 4.45. The molecule has 2 N–H and O–H groups in total. The number of nitriles is 1. The molecule has 0 aliphatic carbocycles. The van der Waals surface area contributed by atoms with Crippen LogP contribution in [0.2, 0.25) is 0 Å². The highest BCUT2D eigenvalue weighted by molar-refractivity contribution is 6.04. The third-order valence-corrected chi connectivity index (χ3v) is 3.77. The van der Waals surface area contributed by atoms with Crippen LogP contribution < -0.4 is 10.6 Å². The van der Waals surface area contributed by atoms with Crippen molar-refractivity contribution in [2.45, 2.75) is 6.18 Å². The molecule has 5 nitrogen and oxygen atoms in total. The molecule has 28 heavy (non-hydrogen) atoms. The van der Waals surface area contributed by atoms with Gasteiger partial charge in [-0.3, -0.25) is 4.79 Å². The predicted octanol–water partition coefficient (Wildman–Crippen LogP) is 4.97. The standard InChI is InChI=1S/C20H13F3N4O/c21-20(22,23)16-6-1-2-7-17(16)27-19(28)14-8-9-18(25-12-14)26-15-5-3-4-13(10-15)11-24/h1-10,12H,(H,25,26)(H,27,28). The third-order valence-electron chi connectivity index (χ3n) is 3.77. The second-order valence-corrected chi connectivity index (χ2v) is 5.75. The van der Waals surface area contributed by atoms with Crippen molar-refractivity contribution >= 4 is 23.1 Å². The number of hydrogen-bond donors (Lipinski definition) is 2. The molecule has 1 aromatic heterocycles. The number of carbonyl (C=O) groups is 1. The van der Waals surface area contributed by atoms with E-state index in [4.69, 9.17) is 5.26 Å². The van der Waals surface area contributed by atoms with Gasteiger partial charge < -0.3 is 10.6 Å². The summed E-state index contributed by atoms with van der Waals surface area (Å²) in [7, 11) is 0. The molecule has 0 aliphatic heterocycles. The lowest BCUT2D eigenvalue weighted by Gasteiger charge is -2.13. The summed E-state index contributed by atoms with van der Waals surface area (Å²) >= 11 is 0. The van der Waals surface area contributed by atoms with Gasteiger partial charge >= 0.3 is 6.18 Å². The summed E-state index contributed by atoms with van der Waals surface area (Å²) in [5.74, 6) is -0.287. The number of halogens is 3. The van der Waals surface area contributed by atoms with Gasteiger partial charge in [0.1, 0.15) is 5.82 Å². The van der Waals surface area contributed by atoms with Crippen molar-refractivity contribution < 1.29 is 18.0 Å². The molecule has 0 spiro atoms. The largest absolute Gasteiger partial charge is 0.418 e. The molecule has 0 aliphatic rings. The topological polar surface area (TPSA) is 77.8 Å². The fraction of sp³-hybridized carbons (Fsp3) is 0.0500. The second kappa shape index (κ2) is 7.80. The summed E-state index contributed by atoms with van der Waals surface area (Å²) in [4.78, 5) is 16.4. The molecule has 0 saturated carbocycles. The lowest BCUT2D eigenvalue weighted by molar-refractivity contribution is -0.136. The molecule has 140 valence electrons. The van der Waals surface area contributed by atoms with Crippen LogP contribution in [0.15, 0.2) is 66.9 Å². The first-order chi connectivity index (χ1) is 13.4. The molecule has 0 unspecified atom stereocenters. The van der Waals surface area contributed by atoms with E-state index < -0.39 is 17.6 Å². The number of carbonyl (C=O) groups excluding carboxylic acids is 1.